The molecule has 13 heteroatoms. The van der Waals surface area contributed by atoms with Crippen molar-refractivity contribution in [1.82, 2.24) is 0 Å². The quantitative estimate of drug-likeness (QED) is 0.241. The average Bonchev–Trinajstić information content (AvgIpc) is 2.96. The molecule has 0 bridgehead atoms. The van der Waals surface area contributed by atoms with Crippen LogP contribution in [-0.2, 0) is 22.4 Å². The number of carboxylic acids is 2. The number of methoxy groups -OCH3 is 6. The molecule has 43 heavy (non-hydrogen) atoms. The first-order valence-corrected chi connectivity index (χ1v) is 13.2. The van der Waals surface area contributed by atoms with Gasteiger partial charge in [-0.15, -0.1) is 24.8 Å². The number of fused-ring (bicyclic) bond motifs is 1. The van der Waals surface area contributed by atoms with Gasteiger partial charge in [-0.05, 0) is 41.3 Å². The number of carboxylic acid groups (broad SMARTS) is 2. The third-order valence-corrected chi connectivity index (χ3v) is 7.76. The van der Waals surface area contributed by atoms with Crippen LogP contribution < -0.4 is 33.5 Å². The molecular weight excluding hydrogens is 605 g/mol. The SMILES string of the molecule is COc1cc(C[C@H]2c3c(cc(OC)c(OC)c3OC)CC[N@@+]2(C)CCCC(=CC(=O)O)C(=O)[O-])cc(OC)c1OC.Cl.Cl. The average molecular weight is 647 g/mol. The van der Waals surface area contributed by atoms with Crippen molar-refractivity contribution in [3.63, 3.8) is 0 Å². The van der Waals surface area contributed by atoms with Gasteiger partial charge in [-0.25, -0.2) is 4.79 Å². The molecule has 0 spiro atoms. The molecule has 3 rings (SSSR count). The van der Waals surface area contributed by atoms with Crippen molar-refractivity contribution in [3.05, 3.63) is 46.5 Å². The third kappa shape index (κ3) is 8.10. The standard InChI is InChI=1S/C30H39NO10.2ClH/c1-31(11-8-9-20(30(34)35)17-25(32)33)12-10-19-16-24(38-4)28(40-6)29(41-7)26(19)21(31)13-18-14-22(36-2)27(39-5)23(15-18)37-3;;/h14-17,21H,8-13H2,1-7H3,(H-,32,33,34,35);2*1H/t21-,31+;;/m0../s1. The lowest BCUT2D eigenvalue weighted by Gasteiger charge is -2.46. The van der Waals surface area contributed by atoms with Crippen LogP contribution in [0, 0.1) is 0 Å². The van der Waals surface area contributed by atoms with Gasteiger partial charge in [0.05, 0.1) is 74.3 Å². The number of nitrogens with zero attached hydrogens (tertiary/aromatic N) is 1. The van der Waals surface area contributed by atoms with Crippen LogP contribution in [0.15, 0.2) is 29.8 Å². The Morgan fingerprint density at radius 3 is 1.88 bits per heavy atom. The lowest BCUT2D eigenvalue weighted by molar-refractivity contribution is -0.941. The zero-order valence-electron chi connectivity index (χ0n) is 25.5. The Labute approximate surface area is 264 Å². The maximum Gasteiger partial charge on any atom is 0.328 e. The first kappa shape index (κ1) is 37.5. The van der Waals surface area contributed by atoms with Crippen LogP contribution >= 0.6 is 24.8 Å². The van der Waals surface area contributed by atoms with Crippen LogP contribution in [0.25, 0.3) is 0 Å². The van der Waals surface area contributed by atoms with E-state index in [0.29, 0.717) is 70.9 Å². The number of hydrogen-bond acceptors (Lipinski definition) is 9. The van der Waals surface area contributed by atoms with E-state index in [1.165, 1.54) is 0 Å². The van der Waals surface area contributed by atoms with E-state index in [0.717, 1.165) is 23.2 Å². The number of halogens is 2. The molecule has 1 aliphatic rings. The fourth-order valence-corrected chi connectivity index (χ4v) is 5.72. The zero-order chi connectivity index (χ0) is 30.3. The molecule has 0 fully saturated rings. The molecule has 0 saturated carbocycles. The highest BCUT2D eigenvalue weighted by molar-refractivity contribution is 5.93. The molecule has 0 saturated heterocycles. The highest BCUT2D eigenvalue weighted by atomic mass is 35.5. The van der Waals surface area contributed by atoms with Crippen molar-refractivity contribution in [3.8, 4) is 34.5 Å². The van der Waals surface area contributed by atoms with Gasteiger partial charge in [0, 0.05) is 25.3 Å². The number of likely N-dealkylation sites (N-methyl/N-ethyl adjacent to an activating group) is 1. The predicted molar refractivity (Wildman–Crippen MR) is 163 cm³/mol. The molecule has 11 nitrogen and oxygen atoms in total. The number of quaternary nitrogens is 1. The van der Waals surface area contributed by atoms with Crippen LogP contribution in [0.5, 0.6) is 34.5 Å². The molecule has 0 amide bonds. The Balaban J connectivity index is 0.00000462. The second-order valence-corrected chi connectivity index (χ2v) is 10.0. The fourth-order valence-electron chi connectivity index (χ4n) is 5.72. The summed E-state index contributed by atoms with van der Waals surface area (Å²) in [5.41, 5.74) is 2.72. The summed E-state index contributed by atoms with van der Waals surface area (Å²) in [5.74, 6) is 0.388. The number of carbonyl (C=O) groups excluding carboxylic acids is 1. The first-order chi connectivity index (χ1) is 19.6. The summed E-state index contributed by atoms with van der Waals surface area (Å²) in [5, 5.41) is 20.6. The Bertz CT molecular complexity index is 1290. The van der Waals surface area contributed by atoms with Gasteiger partial charge in [-0.1, -0.05) is 0 Å². The van der Waals surface area contributed by atoms with Gasteiger partial charge in [-0.3, -0.25) is 0 Å². The van der Waals surface area contributed by atoms with E-state index < -0.39 is 11.9 Å². The minimum atomic E-state index is -1.48. The number of aliphatic carboxylic acids is 2. The van der Waals surface area contributed by atoms with E-state index in [9.17, 15) is 14.7 Å². The lowest BCUT2D eigenvalue weighted by Crippen LogP contribution is -2.52. The van der Waals surface area contributed by atoms with Gasteiger partial charge in [0.25, 0.3) is 0 Å². The summed E-state index contributed by atoms with van der Waals surface area (Å²) in [4.78, 5) is 22.7. The Morgan fingerprint density at radius 1 is 0.884 bits per heavy atom. The monoisotopic (exact) mass is 645 g/mol. The molecular formula is C30H41Cl2NO10. The highest BCUT2D eigenvalue weighted by Crippen LogP contribution is 2.51. The van der Waals surface area contributed by atoms with Crippen LogP contribution in [0.2, 0.25) is 0 Å². The van der Waals surface area contributed by atoms with Crippen molar-refractivity contribution < 1.29 is 52.7 Å². The van der Waals surface area contributed by atoms with Gasteiger partial charge in [-0.2, -0.15) is 0 Å². The van der Waals surface area contributed by atoms with Crippen molar-refractivity contribution in [2.75, 3.05) is 62.8 Å². The largest absolute Gasteiger partial charge is 0.545 e. The van der Waals surface area contributed by atoms with E-state index in [1.54, 1.807) is 42.7 Å². The Kier molecular flexibility index (Phi) is 14.2. The molecule has 0 aliphatic carbocycles. The normalized spacial score (nSPS) is 17.4. The van der Waals surface area contributed by atoms with E-state index in [4.69, 9.17) is 33.5 Å². The van der Waals surface area contributed by atoms with Crippen molar-refractivity contribution in [1.29, 1.82) is 0 Å². The van der Waals surface area contributed by atoms with Crippen molar-refractivity contribution in [2.45, 2.75) is 31.7 Å². The summed E-state index contributed by atoms with van der Waals surface area (Å²) in [6.45, 7) is 1.31. The molecule has 1 N–H and O–H groups in total. The summed E-state index contributed by atoms with van der Waals surface area (Å²) in [7, 11) is 11.5. The van der Waals surface area contributed by atoms with Gasteiger partial charge in [0.2, 0.25) is 11.5 Å². The highest BCUT2D eigenvalue weighted by Gasteiger charge is 2.43. The molecule has 2 atom stereocenters. The Hall–Kier alpha value is -3.54. The molecule has 2 aromatic rings. The second kappa shape index (κ2) is 16.3. The minimum Gasteiger partial charge on any atom is -0.545 e. The van der Waals surface area contributed by atoms with Crippen LogP contribution in [0.4, 0.5) is 0 Å². The number of carbonyl (C=O) groups is 2. The molecule has 0 unspecified atom stereocenters. The number of hydrogen-bond donors (Lipinski definition) is 1. The number of ether oxygens (including phenoxy) is 6. The van der Waals surface area contributed by atoms with Crippen molar-refractivity contribution >= 4 is 36.8 Å². The summed E-state index contributed by atoms with van der Waals surface area (Å²) < 4.78 is 34.5. The lowest BCUT2D eigenvalue weighted by atomic mass is 9.85. The summed E-state index contributed by atoms with van der Waals surface area (Å²) in [6, 6.07) is 5.64. The molecule has 1 heterocycles. The zero-order valence-corrected chi connectivity index (χ0v) is 27.1. The van der Waals surface area contributed by atoms with E-state index in [2.05, 4.69) is 7.05 Å². The van der Waals surface area contributed by atoms with Gasteiger partial charge in [0.15, 0.2) is 23.0 Å². The maximum absolute atomic E-state index is 11.5. The van der Waals surface area contributed by atoms with Gasteiger partial charge >= 0.3 is 5.97 Å². The molecule has 0 radical (unpaired) electrons. The molecule has 240 valence electrons. The third-order valence-electron chi connectivity index (χ3n) is 7.76. The number of benzene rings is 2. The predicted octanol–water partition coefficient (Wildman–Crippen LogP) is 3.41. The van der Waals surface area contributed by atoms with E-state index in [1.807, 2.05) is 18.2 Å². The minimum absolute atomic E-state index is 0. The second-order valence-electron chi connectivity index (χ2n) is 10.0. The Morgan fingerprint density at radius 2 is 1.42 bits per heavy atom. The fraction of sp³-hybridized carbons (Fsp3) is 0.467. The van der Waals surface area contributed by atoms with Gasteiger partial charge in [0.1, 0.15) is 6.04 Å². The van der Waals surface area contributed by atoms with E-state index in [-0.39, 0.29) is 42.8 Å². The van der Waals surface area contributed by atoms with Crippen LogP contribution in [0.3, 0.4) is 0 Å². The number of rotatable bonds is 14. The summed E-state index contributed by atoms with van der Waals surface area (Å²) in [6.07, 6.45) is 2.46. The van der Waals surface area contributed by atoms with Crippen LogP contribution in [0.1, 0.15) is 35.6 Å². The molecule has 1 aliphatic heterocycles. The molecule has 2 aromatic carbocycles. The topological polar surface area (TPSA) is 133 Å². The van der Waals surface area contributed by atoms with E-state index >= 15 is 0 Å². The smallest absolute Gasteiger partial charge is 0.328 e. The van der Waals surface area contributed by atoms with Gasteiger partial charge < -0.3 is 47.9 Å². The van der Waals surface area contributed by atoms with Crippen molar-refractivity contribution in [2.24, 2.45) is 0 Å². The van der Waals surface area contributed by atoms with Crippen LogP contribution in [-0.4, -0.2) is 84.3 Å². The first-order valence-electron chi connectivity index (χ1n) is 13.2. The summed E-state index contributed by atoms with van der Waals surface area (Å²) >= 11 is 0. The molecule has 0 aromatic heterocycles. The maximum atomic E-state index is 11.5.